The fourth-order valence-electron chi connectivity index (χ4n) is 2.11. The van der Waals surface area contributed by atoms with Crippen molar-refractivity contribution in [2.45, 2.75) is 6.92 Å². The molecule has 2 rings (SSSR count). The predicted octanol–water partition coefficient (Wildman–Crippen LogP) is 2.82. The van der Waals surface area contributed by atoms with E-state index in [4.69, 9.17) is 16.3 Å². The number of halogens is 1. The molecular weight excluding hydrogens is 328 g/mol. The Morgan fingerprint density at radius 3 is 2.25 bits per heavy atom. The van der Waals surface area contributed by atoms with Gasteiger partial charge in [0.2, 0.25) is 0 Å². The number of methoxy groups -OCH3 is 1. The lowest BCUT2D eigenvalue weighted by molar-refractivity contribution is 0.0926. The third kappa shape index (κ3) is 4.73. The Hall–Kier alpha value is -2.53. The van der Waals surface area contributed by atoms with Crippen LogP contribution in [0.5, 0.6) is 5.75 Å². The molecule has 0 saturated carbocycles. The van der Waals surface area contributed by atoms with Gasteiger partial charge in [-0.1, -0.05) is 29.3 Å². The first-order valence-electron chi connectivity index (χ1n) is 7.48. The topological polar surface area (TPSA) is 67.4 Å². The van der Waals surface area contributed by atoms with Gasteiger partial charge in [0.25, 0.3) is 11.8 Å². The summed E-state index contributed by atoms with van der Waals surface area (Å²) < 4.78 is 5.14. The van der Waals surface area contributed by atoms with Gasteiger partial charge in [-0.05, 0) is 37.3 Å². The first kappa shape index (κ1) is 17.8. The summed E-state index contributed by atoms with van der Waals surface area (Å²) in [6, 6.07) is 12.1. The summed E-state index contributed by atoms with van der Waals surface area (Å²) >= 11 is 5.91. The van der Waals surface area contributed by atoms with E-state index in [1.165, 1.54) is 7.11 Å². The van der Waals surface area contributed by atoms with Gasteiger partial charge in [-0.3, -0.25) is 9.59 Å². The molecule has 2 aromatic carbocycles. The van der Waals surface area contributed by atoms with Crippen LogP contribution in [0.3, 0.4) is 0 Å². The first-order valence-corrected chi connectivity index (χ1v) is 7.85. The van der Waals surface area contributed by atoms with E-state index in [9.17, 15) is 9.59 Å². The SMILES string of the molecule is COc1ccc(Cl)cc1C(=O)NCCNC(=O)c1ccc(C)cc1. The minimum atomic E-state index is -0.307. The van der Waals surface area contributed by atoms with Crippen LogP contribution in [0, 0.1) is 6.92 Å². The molecule has 0 bridgehead atoms. The molecule has 2 N–H and O–H groups in total. The summed E-state index contributed by atoms with van der Waals surface area (Å²) in [5, 5.41) is 5.93. The van der Waals surface area contributed by atoms with Crippen molar-refractivity contribution in [2.24, 2.45) is 0 Å². The van der Waals surface area contributed by atoms with Crippen LogP contribution in [-0.2, 0) is 0 Å². The van der Waals surface area contributed by atoms with Crippen LogP contribution >= 0.6 is 11.6 Å². The highest BCUT2D eigenvalue weighted by Crippen LogP contribution is 2.22. The second-order valence-corrected chi connectivity index (χ2v) is 5.66. The van der Waals surface area contributed by atoms with E-state index >= 15 is 0 Å². The number of ether oxygens (including phenoxy) is 1. The number of rotatable bonds is 6. The molecule has 2 aromatic rings. The highest BCUT2D eigenvalue weighted by atomic mass is 35.5. The van der Waals surface area contributed by atoms with Gasteiger partial charge < -0.3 is 15.4 Å². The number of hydrogen-bond acceptors (Lipinski definition) is 3. The van der Waals surface area contributed by atoms with Crippen LogP contribution in [0.2, 0.25) is 5.02 Å². The molecule has 0 heterocycles. The van der Waals surface area contributed by atoms with Crippen molar-refractivity contribution in [2.75, 3.05) is 20.2 Å². The zero-order valence-electron chi connectivity index (χ0n) is 13.6. The minimum absolute atomic E-state index is 0.176. The molecule has 2 amide bonds. The van der Waals surface area contributed by atoms with Gasteiger partial charge in [0, 0.05) is 23.7 Å². The number of nitrogens with one attached hydrogen (secondary N) is 2. The maximum Gasteiger partial charge on any atom is 0.255 e. The molecule has 24 heavy (non-hydrogen) atoms. The molecule has 0 aliphatic rings. The molecule has 126 valence electrons. The highest BCUT2D eigenvalue weighted by molar-refractivity contribution is 6.31. The van der Waals surface area contributed by atoms with Crippen LogP contribution in [0.1, 0.15) is 26.3 Å². The van der Waals surface area contributed by atoms with Crippen molar-refractivity contribution in [3.8, 4) is 5.75 Å². The second-order valence-electron chi connectivity index (χ2n) is 5.22. The lowest BCUT2D eigenvalue weighted by Gasteiger charge is -2.10. The van der Waals surface area contributed by atoms with E-state index in [0.717, 1.165) is 5.56 Å². The van der Waals surface area contributed by atoms with Gasteiger partial charge in [-0.15, -0.1) is 0 Å². The molecule has 0 aromatic heterocycles. The summed E-state index contributed by atoms with van der Waals surface area (Å²) in [4.78, 5) is 24.1. The molecule has 0 radical (unpaired) electrons. The Morgan fingerprint density at radius 1 is 1.00 bits per heavy atom. The molecule has 5 nitrogen and oxygen atoms in total. The number of benzene rings is 2. The third-order valence-electron chi connectivity index (χ3n) is 3.42. The summed E-state index contributed by atoms with van der Waals surface area (Å²) in [6.07, 6.45) is 0. The second kappa shape index (κ2) is 8.36. The molecule has 0 spiro atoms. The fraction of sp³-hybridized carbons (Fsp3) is 0.222. The van der Waals surface area contributed by atoms with E-state index in [1.54, 1.807) is 30.3 Å². The quantitative estimate of drug-likeness (QED) is 0.790. The summed E-state index contributed by atoms with van der Waals surface area (Å²) in [7, 11) is 1.49. The largest absolute Gasteiger partial charge is 0.496 e. The maximum atomic E-state index is 12.2. The Morgan fingerprint density at radius 2 is 1.62 bits per heavy atom. The van der Waals surface area contributed by atoms with Crippen molar-refractivity contribution in [3.05, 3.63) is 64.2 Å². The number of carbonyl (C=O) groups is 2. The zero-order valence-corrected chi connectivity index (χ0v) is 14.3. The summed E-state index contributed by atoms with van der Waals surface area (Å²) in [6.45, 7) is 2.58. The summed E-state index contributed by atoms with van der Waals surface area (Å²) in [5.74, 6) is -0.0379. The van der Waals surface area contributed by atoms with Gasteiger partial charge >= 0.3 is 0 Å². The summed E-state index contributed by atoms with van der Waals surface area (Å²) in [5.41, 5.74) is 2.03. The monoisotopic (exact) mass is 346 g/mol. The van der Waals surface area contributed by atoms with E-state index in [2.05, 4.69) is 10.6 Å². The zero-order chi connectivity index (χ0) is 17.5. The standard InChI is InChI=1S/C18H19ClN2O3/c1-12-3-5-13(6-4-12)17(22)20-9-10-21-18(23)15-11-14(19)7-8-16(15)24-2/h3-8,11H,9-10H2,1-2H3,(H,20,22)(H,21,23). The molecule has 0 aliphatic heterocycles. The van der Waals surface area contributed by atoms with Crippen LogP contribution in [0.4, 0.5) is 0 Å². The van der Waals surface area contributed by atoms with E-state index in [1.807, 2.05) is 19.1 Å². The normalized spacial score (nSPS) is 10.1. The lowest BCUT2D eigenvalue weighted by Crippen LogP contribution is -2.34. The smallest absolute Gasteiger partial charge is 0.255 e. The number of hydrogen-bond donors (Lipinski definition) is 2. The maximum absolute atomic E-state index is 12.2. The van der Waals surface area contributed by atoms with Crippen LogP contribution < -0.4 is 15.4 Å². The molecule has 0 atom stereocenters. The Kier molecular flexibility index (Phi) is 6.21. The van der Waals surface area contributed by atoms with E-state index in [-0.39, 0.29) is 11.8 Å². The Balaban J connectivity index is 1.84. The molecular formula is C18H19ClN2O3. The number of aryl methyl sites for hydroxylation is 1. The fourth-order valence-corrected chi connectivity index (χ4v) is 2.28. The van der Waals surface area contributed by atoms with E-state index in [0.29, 0.717) is 35.0 Å². The average Bonchev–Trinajstić information content (AvgIpc) is 2.58. The molecule has 0 saturated heterocycles. The number of carbonyl (C=O) groups excluding carboxylic acids is 2. The molecule has 0 unspecified atom stereocenters. The van der Waals surface area contributed by atoms with E-state index < -0.39 is 0 Å². The van der Waals surface area contributed by atoms with Gasteiger partial charge in [0.1, 0.15) is 5.75 Å². The van der Waals surface area contributed by atoms with Crippen molar-refractivity contribution in [3.63, 3.8) is 0 Å². The molecule has 0 aliphatic carbocycles. The van der Waals surface area contributed by atoms with Gasteiger partial charge in [-0.25, -0.2) is 0 Å². The predicted molar refractivity (Wildman–Crippen MR) is 93.8 cm³/mol. The van der Waals surface area contributed by atoms with Crippen molar-refractivity contribution >= 4 is 23.4 Å². The van der Waals surface area contributed by atoms with Gasteiger partial charge in [0.15, 0.2) is 0 Å². The average molecular weight is 347 g/mol. The van der Waals surface area contributed by atoms with Gasteiger partial charge in [-0.2, -0.15) is 0 Å². The lowest BCUT2D eigenvalue weighted by atomic mass is 10.1. The van der Waals surface area contributed by atoms with Gasteiger partial charge in [0.05, 0.1) is 12.7 Å². The van der Waals surface area contributed by atoms with Crippen molar-refractivity contribution < 1.29 is 14.3 Å². The van der Waals surface area contributed by atoms with Crippen LogP contribution in [0.25, 0.3) is 0 Å². The Labute approximate surface area is 146 Å². The first-order chi connectivity index (χ1) is 11.5. The van der Waals surface area contributed by atoms with Crippen LogP contribution in [0.15, 0.2) is 42.5 Å². The van der Waals surface area contributed by atoms with Crippen LogP contribution in [-0.4, -0.2) is 32.0 Å². The Bertz CT molecular complexity index is 730. The molecule has 0 fully saturated rings. The number of amides is 2. The van der Waals surface area contributed by atoms with Crippen molar-refractivity contribution in [1.82, 2.24) is 10.6 Å². The minimum Gasteiger partial charge on any atom is -0.496 e. The third-order valence-corrected chi connectivity index (χ3v) is 3.65. The van der Waals surface area contributed by atoms with Crippen molar-refractivity contribution in [1.29, 1.82) is 0 Å². The molecule has 6 heteroatoms. The highest BCUT2D eigenvalue weighted by Gasteiger charge is 2.12.